The summed E-state index contributed by atoms with van der Waals surface area (Å²) in [6, 6.07) is 11.0. The monoisotopic (exact) mass is 466 g/mol. The van der Waals surface area contributed by atoms with E-state index < -0.39 is 19.8 Å². The first-order valence-electron chi connectivity index (χ1n) is 8.58. The summed E-state index contributed by atoms with van der Waals surface area (Å²) in [6.07, 6.45) is 0. The number of hydrogen-bond acceptors (Lipinski definition) is 8. The summed E-state index contributed by atoms with van der Waals surface area (Å²) in [5.41, 5.74) is 1.58. The first-order valence-corrected chi connectivity index (χ1v) is 11.9. The van der Waals surface area contributed by atoms with Crippen molar-refractivity contribution in [3.63, 3.8) is 0 Å². The Balaban J connectivity index is 1.43. The lowest BCUT2D eigenvalue weighted by Crippen LogP contribution is -2.17. The number of hydrogen-bond donors (Lipinski definition) is 3. The van der Waals surface area contributed by atoms with E-state index >= 15 is 0 Å². The van der Waals surface area contributed by atoms with Crippen molar-refractivity contribution in [2.75, 3.05) is 5.75 Å². The van der Waals surface area contributed by atoms with Crippen molar-refractivity contribution in [1.29, 1.82) is 0 Å². The van der Waals surface area contributed by atoms with Crippen LogP contribution in [0, 0.1) is 0 Å². The summed E-state index contributed by atoms with van der Waals surface area (Å²) in [5.74, 6) is 0.185. The molecule has 0 aliphatic carbocycles. The predicted molar refractivity (Wildman–Crippen MR) is 113 cm³/mol. The Bertz CT molecular complexity index is 1170. The molecule has 4 rings (SSSR count). The smallest absolute Gasteiger partial charge is 0.489 e. The van der Waals surface area contributed by atoms with Gasteiger partial charge in [0.25, 0.3) is 0 Å². The van der Waals surface area contributed by atoms with E-state index in [2.05, 4.69) is 14.5 Å². The molecule has 30 heavy (non-hydrogen) atoms. The van der Waals surface area contributed by atoms with E-state index in [4.69, 9.17) is 19.6 Å². The van der Waals surface area contributed by atoms with Crippen molar-refractivity contribution in [1.82, 2.24) is 4.98 Å². The Morgan fingerprint density at radius 1 is 1.17 bits per heavy atom. The van der Waals surface area contributed by atoms with E-state index in [1.54, 1.807) is 18.2 Å². The topological polar surface area (TPSA) is 139 Å². The Morgan fingerprint density at radius 2 is 1.90 bits per heavy atom. The first-order chi connectivity index (χ1) is 14.3. The molecule has 3 aromatic rings. The average molecular weight is 466 g/mol. The number of rotatable bonds is 7. The maximum atomic E-state index is 11.1. The minimum absolute atomic E-state index is 0.0727. The van der Waals surface area contributed by atoms with E-state index in [-0.39, 0.29) is 12.4 Å². The van der Waals surface area contributed by atoms with Gasteiger partial charge in [0.05, 0.1) is 10.2 Å². The molecule has 12 heteroatoms. The summed E-state index contributed by atoms with van der Waals surface area (Å²) in [5, 5.41) is 10.4. The van der Waals surface area contributed by atoms with E-state index in [9.17, 15) is 9.36 Å². The zero-order valence-corrected chi connectivity index (χ0v) is 17.7. The molecule has 0 amide bonds. The van der Waals surface area contributed by atoms with Gasteiger partial charge in [-0.25, -0.2) is 14.3 Å². The highest BCUT2D eigenvalue weighted by Gasteiger charge is 2.26. The Hall–Kier alpha value is -2.43. The molecule has 0 saturated carbocycles. The number of phosphoric acid groups is 1. The number of phosphoric ester groups is 1. The molecular weight excluding hydrogens is 451 g/mol. The molecule has 3 N–H and O–H groups in total. The standard InChI is InChI=1S/C18H15N2O7PS2/c21-18(22)14-9-29-16(20-14)17-19-13-6-5-12(7-15(13)30-17)26-8-10-1-3-11(4-2-10)27-28(23,24)25/h1-7,14H,8-9H2,(H,21,22)(H2,23,24,25)/t14-/m1/s1. The number of ether oxygens (including phenoxy) is 1. The minimum Gasteiger partial charge on any atom is -0.489 e. The molecule has 0 radical (unpaired) electrons. The molecule has 156 valence electrons. The lowest BCUT2D eigenvalue weighted by Gasteiger charge is -2.09. The number of carboxylic acids is 1. The number of aromatic nitrogens is 1. The first kappa shape index (κ1) is 20.8. The predicted octanol–water partition coefficient (Wildman–Crippen LogP) is 3.29. The Kier molecular flexibility index (Phi) is 5.81. The number of aliphatic imine (C=N–C) groups is 1. The van der Waals surface area contributed by atoms with Crippen LogP contribution in [-0.2, 0) is 16.0 Å². The summed E-state index contributed by atoms with van der Waals surface area (Å²) in [6.45, 7) is 0.260. The van der Waals surface area contributed by atoms with Gasteiger partial charge in [-0.15, -0.1) is 23.1 Å². The largest absolute Gasteiger partial charge is 0.524 e. The average Bonchev–Trinajstić information content (AvgIpc) is 3.33. The fourth-order valence-corrected chi connectivity index (χ4v) is 5.14. The summed E-state index contributed by atoms with van der Waals surface area (Å²) in [4.78, 5) is 37.4. The van der Waals surface area contributed by atoms with Crippen molar-refractivity contribution in [2.24, 2.45) is 4.99 Å². The Labute approximate surface area is 178 Å². The maximum absolute atomic E-state index is 11.1. The van der Waals surface area contributed by atoms with E-state index in [1.165, 1.54) is 35.2 Å². The third-order valence-corrected chi connectivity index (χ3v) is 6.69. The number of aliphatic carboxylic acids is 1. The quantitative estimate of drug-likeness (QED) is 0.448. The van der Waals surface area contributed by atoms with E-state index in [0.29, 0.717) is 21.6 Å². The third-order valence-electron chi connectivity index (χ3n) is 4.03. The minimum atomic E-state index is -4.58. The van der Waals surface area contributed by atoms with Crippen molar-refractivity contribution < 1.29 is 33.5 Å². The number of fused-ring (bicyclic) bond motifs is 1. The normalized spacial score (nSPS) is 16.5. The van der Waals surface area contributed by atoms with E-state index in [0.717, 1.165) is 15.8 Å². The van der Waals surface area contributed by atoms with Gasteiger partial charge in [-0.1, -0.05) is 12.1 Å². The van der Waals surface area contributed by atoms with Crippen LogP contribution in [-0.4, -0.2) is 42.7 Å². The molecule has 1 atom stereocenters. The van der Waals surface area contributed by atoms with Gasteiger partial charge in [-0.3, -0.25) is 14.8 Å². The van der Waals surface area contributed by atoms with Crippen molar-refractivity contribution >= 4 is 52.2 Å². The lowest BCUT2D eigenvalue weighted by molar-refractivity contribution is -0.137. The van der Waals surface area contributed by atoms with Crippen molar-refractivity contribution in [2.45, 2.75) is 12.6 Å². The molecule has 0 fully saturated rings. The molecule has 2 aromatic carbocycles. The molecule has 9 nitrogen and oxygen atoms in total. The van der Waals surface area contributed by atoms with Crippen LogP contribution in [0.15, 0.2) is 47.5 Å². The van der Waals surface area contributed by atoms with Gasteiger partial charge < -0.3 is 14.4 Å². The highest BCUT2D eigenvalue weighted by atomic mass is 32.2. The van der Waals surface area contributed by atoms with Crippen LogP contribution < -0.4 is 9.26 Å². The van der Waals surface area contributed by atoms with Crippen LogP contribution in [0.3, 0.4) is 0 Å². The number of nitrogens with zero attached hydrogens (tertiary/aromatic N) is 2. The number of thioether (sulfide) groups is 1. The lowest BCUT2D eigenvalue weighted by atomic mass is 10.2. The van der Waals surface area contributed by atoms with Crippen LogP contribution in [0.5, 0.6) is 11.5 Å². The molecule has 1 aliphatic heterocycles. The van der Waals surface area contributed by atoms with Crippen LogP contribution in [0.4, 0.5) is 0 Å². The highest BCUT2D eigenvalue weighted by Crippen LogP contribution is 2.37. The van der Waals surface area contributed by atoms with Crippen molar-refractivity contribution in [3.05, 3.63) is 53.0 Å². The van der Waals surface area contributed by atoms with Crippen LogP contribution >= 0.6 is 30.9 Å². The second-order valence-electron chi connectivity index (χ2n) is 6.26. The van der Waals surface area contributed by atoms with Gasteiger partial charge in [0.15, 0.2) is 6.04 Å². The highest BCUT2D eigenvalue weighted by molar-refractivity contribution is 8.15. The summed E-state index contributed by atoms with van der Waals surface area (Å²) >= 11 is 2.82. The molecule has 1 aromatic heterocycles. The van der Waals surface area contributed by atoms with Gasteiger partial charge in [0, 0.05) is 5.75 Å². The van der Waals surface area contributed by atoms with Crippen molar-refractivity contribution in [3.8, 4) is 11.5 Å². The van der Waals surface area contributed by atoms with Crippen LogP contribution in [0.25, 0.3) is 10.2 Å². The summed E-state index contributed by atoms with van der Waals surface area (Å²) < 4.78 is 22.0. The Morgan fingerprint density at radius 3 is 2.57 bits per heavy atom. The maximum Gasteiger partial charge on any atom is 0.524 e. The molecule has 0 unspecified atom stereocenters. The van der Waals surface area contributed by atoms with Crippen LogP contribution in [0.1, 0.15) is 10.6 Å². The zero-order chi connectivity index (χ0) is 21.3. The fraction of sp³-hybridized carbons (Fsp3) is 0.167. The third kappa shape index (κ3) is 5.00. The second kappa shape index (κ2) is 8.37. The number of benzene rings is 2. The van der Waals surface area contributed by atoms with Gasteiger partial charge in [-0.05, 0) is 35.9 Å². The summed E-state index contributed by atoms with van der Waals surface area (Å²) in [7, 11) is -4.58. The van der Waals surface area contributed by atoms with Gasteiger partial charge in [-0.2, -0.15) is 0 Å². The second-order valence-corrected chi connectivity index (χ2v) is 9.47. The van der Waals surface area contributed by atoms with Gasteiger partial charge >= 0.3 is 13.8 Å². The number of carbonyl (C=O) groups is 1. The molecule has 2 heterocycles. The number of thiazole rings is 1. The van der Waals surface area contributed by atoms with Crippen LogP contribution in [0.2, 0.25) is 0 Å². The molecular formula is C18H15N2O7PS2. The molecule has 0 bridgehead atoms. The zero-order valence-electron chi connectivity index (χ0n) is 15.2. The van der Waals surface area contributed by atoms with Gasteiger partial charge in [0.1, 0.15) is 28.2 Å². The van der Waals surface area contributed by atoms with E-state index in [1.807, 2.05) is 12.1 Å². The molecule has 1 aliphatic rings. The molecule has 0 spiro atoms. The number of carboxylic acid groups (broad SMARTS) is 1. The SMILES string of the molecule is O=C(O)[C@H]1CSC(c2nc3ccc(OCc4ccc(OP(=O)(O)O)cc4)cc3s2)=N1. The fourth-order valence-electron chi connectivity index (χ4n) is 2.65. The van der Waals surface area contributed by atoms with Gasteiger partial charge in [0.2, 0.25) is 0 Å². The molecule has 0 saturated heterocycles.